The minimum absolute atomic E-state index is 0. The molecule has 5 aromatic carbocycles. The summed E-state index contributed by atoms with van der Waals surface area (Å²) in [5.74, 6) is 1.72. The van der Waals surface area contributed by atoms with Crippen LogP contribution in [-0.4, -0.2) is 15.9 Å². The Morgan fingerprint density at radius 3 is 2.30 bits per heavy atom. The van der Waals surface area contributed by atoms with Gasteiger partial charge in [0, 0.05) is 44.0 Å². The van der Waals surface area contributed by atoms with Crippen molar-refractivity contribution in [1.82, 2.24) is 4.98 Å². The van der Waals surface area contributed by atoms with Gasteiger partial charge in [0.25, 0.3) is 0 Å². The zero-order valence-electron chi connectivity index (χ0n) is 23.2. The molecule has 2 heterocycles. The molecular weight excluding hydrogens is 728 g/mol. The van der Waals surface area contributed by atoms with Crippen molar-refractivity contribution >= 4 is 28.1 Å². The van der Waals surface area contributed by atoms with Crippen LogP contribution in [0.2, 0.25) is 0 Å². The first-order valence-electron chi connectivity index (χ1n) is 14.0. The van der Waals surface area contributed by atoms with E-state index >= 15 is 0 Å². The molecule has 0 unspecified atom stereocenters. The van der Waals surface area contributed by atoms with Crippen molar-refractivity contribution in [2.75, 3.05) is 4.90 Å². The zero-order chi connectivity index (χ0) is 28.9. The van der Waals surface area contributed by atoms with E-state index in [9.17, 15) is 5.11 Å². The van der Waals surface area contributed by atoms with E-state index in [0.717, 1.165) is 22.5 Å². The van der Waals surface area contributed by atoms with Crippen molar-refractivity contribution in [3.63, 3.8) is 0 Å². The van der Waals surface area contributed by atoms with E-state index in [4.69, 9.17) is 16.3 Å². The minimum Gasteiger partial charge on any atom is -0.506 e. The van der Waals surface area contributed by atoms with Gasteiger partial charge >= 0.3 is 0 Å². The first-order valence-corrected chi connectivity index (χ1v) is 14.0. The number of aliphatic imine (C=N–C) groups is 1. The minimum atomic E-state index is -0.134. The Balaban J connectivity index is 0.00000312. The molecule has 1 N–H and O–H groups in total. The predicted molar refractivity (Wildman–Crippen MR) is 168 cm³/mol. The normalized spacial score (nSPS) is 16.2. The standard InChI is InChI=1S/C37H23N4O2.Pt/c1-38-25-17-19-26(20-18-25)41-36-31-14-5-3-12-29(31)28-11-2-4-13-30(28)35(36)40-37(41)24-9-6-10-27(22-24)43-33-21-16-23-8-7-15-32(42)34(23)39-33;/h2-21,35-36,42H;/q-1;/t35-,36+;/m0./s1. The van der Waals surface area contributed by atoms with Crippen LogP contribution in [0.4, 0.5) is 11.4 Å². The Kier molecular flexibility index (Phi) is 6.97. The van der Waals surface area contributed by atoms with Gasteiger partial charge in [-0.05, 0) is 46.5 Å². The van der Waals surface area contributed by atoms with Crippen LogP contribution in [0.25, 0.3) is 26.9 Å². The van der Waals surface area contributed by atoms with E-state index in [1.165, 1.54) is 22.3 Å². The number of rotatable bonds is 4. The van der Waals surface area contributed by atoms with Crippen LogP contribution in [0.3, 0.4) is 0 Å². The Labute approximate surface area is 269 Å². The van der Waals surface area contributed by atoms with Gasteiger partial charge in [-0.2, -0.15) is 0 Å². The quantitative estimate of drug-likeness (QED) is 0.183. The molecule has 1 aliphatic carbocycles. The summed E-state index contributed by atoms with van der Waals surface area (Å²) in [7, 11) is 0. The van der Waals surface area contributed by atoms with Gasteiger partial charge < -0.3 is 19.7 Å². The number of phenolic OH excluding ortho intramolecular Hbond substituents is 1. The number of hydrogen-bond acceptors (Lipinski definition) is 5. The fourth-order valence-corrected chi connectivity index (χ4v) is 6.18. The van der Waals surface area contributed by atoms with Gasteiger partial charge in [-0.3, -0.25) is 0 Å². The van der Waals surface area contributed by atoms with Crippen molar-refractivity contribution in [3.8, 4) is 28.5 Å². The van der Waals surface area contributed by atoms with Crippen LogP contribution in [0, 0.1) is 12.6 Å². The van der Waals surface area contributed by atoms with Crippen molar-refractivity contribution in [2.45, 2.75) is 12.1 Å². The maximum Gasteiger partial charge on any atom is 0.217 e. The average molecular weight is 751 g/mol. The fourth-order valence-electron chi connectivity index (χ4n) is 6.18. The van der Waals surface area contributed by atoms with Crippen LogP contribution < -0.4 is 9.64 Å². The van der Waals surface area contributed by atoms with Gasteiger partial charge in [-0.15, -0.1) is 23.8 Å². The Hall–Kier alpha value is -5.24. The molecule has 6 aromatic rings. The molecule has 0 saturated heterocycles. The number of pyridine rings is 1. The number of para-hydroxylation sites is 1. The van der Waals surface area contributed by atoms with E-state index in [1.807, 2.05) is 54.6 Å². The molecule has 1 aromatic heterocycles. The second kappa shape index (κ2) is 11.1. The number of hydrogen-bond donors (Lipinski definition) is 1. The van der Waals surface area contributed by atoms with Crippen LogP contribution in [-0.2, 0) is 21.1 Å². The molecule has 6 nitrogen and oxygen atoms in total. The van der Waals surface area contributed by atoms with E-state index in [1.54, 1.807) is 18.2 Å². The number of benzene rings is 5. The zero-order valence-corrected chi connectivity index (χ0v) is 25.4. The number of fused-ring (bicyclic) bond motifs is 7. The first kappa shape index (κ1) is 27.6. The fraction of sp³-hybridized carbons (Fsp3) is 0.0541. The molecule has 2 aliphatic rings. The number of amidine groups is 1. The number of nitrogens with zero attached hydrogens (tertiary/aromatic N) is 4. The van der Waals surface area contributed by atoms with Gasteiger partial charge in [-0.1, -0.05) is 78.9 Å². The number of aromatic nitrogens is 1. The van der Waals surface area contributed by atoms with Crippen molar-refractivity contribution in [3.05, 3.63) is 156 Å². The summed E-state index contributed by atoms with van der Waals surface area (Å²) < 4.78 is 6.16. The summed E-state index contributed by atoms with van der Waals surface area (Å²) in [6.45, 7) is 7.44. The molecule has 44 heavy (non-hydrogen) atoms. The third-order valence-corrected chi connectivity index (χ3v) is 8.07. The number of anilines is 1. The van der Waals surface area contributed by atoms with Crippen LogP contribution in [0.15, 0.2) is 126 Å². The predicted octanol–water partition coefficient (Wildman–Crippen LogP) is 8.81. The summed E-state index contributed by atoms with van der Waals surface area (Å²) in [5.41, 5.74) is 7.56. The number of phenols is 1. The monoisotopic (exact) mass is 750 g/mol. The van der Waals surface area contributed by atoms with E-state index in [-0.39, 0.29) is 38.9 Å². The number of aromatic hydroxyl groups is 1. The summed E-state index contributed by atoms with van der Waals surface area (Å²) in [6, 6.07) is 42.6. The van der Waals surface area contributed by atoms with E-state index in [2.05, 4.69) is 69.3 Å². The summed E-state index contributed by atoms with van der Waals surface area (Å²) in [5, 5.41) is 11.1. The molecule has 0 saturated carbocycles. The van der Waals surface area contributed by atoms with Crippen molar-refractivity contribution in [2.24, 2.45) is 4.99 Å². The molecule has 1 aliphatic heterocycles. The molecule has 7 heteroatoms. The molecule has 214 valence electrons. The topological polar surface area (TPSA) is 62.3 Å². The molecule has 0 radical (unpaired) electrons. The van der Waals surface area contributed by atoms with E-state index < -0.39 is 0 Å². The SMILES string of the molecule is [C-]#[N+]c1ccc(N2C(c3[c-]c(Oc4ccc5cccc(O)c5n4)ccc3)=N[C@H]3c4ccccc4-c4ccccc4[C@H]32)cc1.[Pt]. The molecule has 0 amide bonds. The molecule has 0 spiro atoms. The largest absolute Gasteiger partial charge is 0.506 e. The average Bonchev–Trinajstić information content (AvgIpc) is 3.47. The van der Waals surface area contributed by atoms with Crippen LogP contribution in [0.5, 0.6) is 17.4 Å². The molecule has 2 atom stereocenters. The molecule has 0 fully saturated rings. The smallest absolute Gasteiger partial charge is 0.217 e. The van der Waals surface area contributed by atoms with Gasteiger partial charge in [0.2, 0.25) is 5.88 Å². The third-order valence-electron chi connectivity index (χ3n) is 8.07. The summed E-state index contributed by atoms with van der Waals surface area (Å²) >= 11 is 0. The Morgan fingerprint density at radius 1 is 0.773 bits per heavy atom. The maximum atomic E-state index is 10.3. The van der Waals surface area contributed by atoms with Crippen molar-refractivity contribution in [1.29, 1.82) is 0 Å². The molecule has 8 rings (SSSR count). The Morgan fingerprint density at radius 2 is 1.50 bits per heavy atom. The maximum absolute atomic E-state index is 10.3. The van der Waals surface area contributed by atoms with E-state index in [0.29, 0.717) is 22.8 Å². The summed E-state index contributed by atoms with van der Waals surface area (Å²) in [4.78, 5) is 15.8. The Bertz CT molecular complexity index is 2120. The molecule has 0 bridgehead atoms. The number of ether oxygens (including phenoxy) is 1. The van der Waals surface area contributed by atoms with Gasteiger partial charge in [0.15, 0.2) is 5.69 Å². The molecular formula is C37H23N4O2Pt-. The second-order valence-electron chi connectivity index (χ2n) is 10.5. The van der Waals surface area contributed by atoms with Crippen LogP contribution in [0.1, 0.15) is 28.8 Å². The van der Waals surface area contributed by atoms with Gasteiger partial charge in [-0.25, -0.2) is 9.83 Å². The third kappa shape index (κ3) is 4.54. The van der Waals surface area contributed by atoms with Crippen LogP contribution >= 0.6 is 0 Å². The van der Waals surface area contributed by atoms with Gasteiger partial charge in [0.05, 0.1) is 24.5 Å². The van der Waals surface area contributed by atoms with Gasteiger partial charge in [0.1, 0.15) is 11.3 Å². The summed E-state index contributed by atoms with van der Waals surface area (Å²) in [6.07, 6.45) is 0. The van der Waals surface area contributed by atoms with Crippen molar-refractivity contribution < 1.29 is 30.9 Å². The first-order chi connectivity index (χ1) is 21.2. The second-order valence-corrected chi connectivity index (χ2v) is 10.5.